The molecule has 2 aromatic carbocycles. The van der Waals surface area contributed by atoms with Gasteiger partial charge < -0.3 is 10.6 Å². The molecule has 0 spiro atoms. The van der Waals surface area contributed by atoms with Crippen LogP contribution in [0.5, 0.6) is 0 Å². The summed E-state index contributed by atoms with van der Waals surface area (Å²) in [5, 5.41) is 15.1. The van der Waals surface area contributed by atoms with Crippen molar-refractivity contribution < 1.29 is 4.79 Å². The lowest BCUT2D eigenvalue weighted by atomic mass is 10.1. The average molecular weight is 265 g/mol. The van der Waals surface area contributed by atoms with Crippen molar-refractivity contribution in [3.8, 4) is 6.07 Å². The van der Waals surface area contributed by atoms with Gasteiger partial charge in [-0.05, 0) is 23.8 Å². The molecule has 0 saturated heterocycles. The van der Waals surface area contributed by atoms with E-state index in [0.717, 1.165) is 16.9 Å². The highest BCUT2D eigenvalue weighted by Crippen LogP contribution is 2.19. The number of amides is 1. The average Bonchev–Trinajstić information content (AvgIpc) is 2.46. The summed E-state index contributed by atoms with van der Waals surface area (Å²) in [6, 6.07) is 17.1. The number of nitrogens with one attached hydrogen (secondary N) is 2. The Morgan fingerprint density at radius 3 is 2.45 bits per heavy atom. The van der Waals surface area contributed by atoms with Crippen molar-refractivity contribution in [2.45, 2.75) is 13.5 Å². The van der Waals surface area contributed by atoms with Crippen LogP contribution in [-0.2, 0) is 11.3 Å². The summed E-state index contributed by atoms with van der Waals surface area (Å²) in [7, 11) is 0. The van der Waals surface area contributed by atoms with Gasteiger partial charge in [-0.3, -0.25) is 4.79 Å². The van der Waals surface area contributed by atoms with Crippen LogP contribution in [-0.4, -0.2) is 5.91 Å². The van der Waals surface area contributed by atoms with Crippen LogP contribution in [0.2, 0.25) is 0 Å². The van der Waals surface area contributed by atoms with Gasteiger partial charge in [-0.25, -0.2) is 0 Å². The van der Waals surface area contributed by atoms with Crippen molar-refractivity contribution in [3.05, 3.63) is 59.7 Å². The molecular formula is C16H15N3O. The number of rotatable bonds is 4. The van der Waals surface area contributed by atoms with Gasteiger partial charge in [0.25, 0.3) is 0 Å². The number of hydrogen-bond acceptors (Lipinski definition) is 3. The molecule has 100 valence electrons. The van der Waals surface area contributed by atoms with Gasteiger partial charge in [0.15, 0.2) is 0 Å². The maximum atomic E-state index is 11.2. The van der Waals surface area contributed by atoms with Crippen molar-refractivity contribution >= 4 is 17.3 Å². The summed E-state index contributed by atoms with van der Waals surface area (Å²) in [5.74, 6) is -0.102. The highest BCUT2D eigenvalue weighted by Gasteiger charge is 2.04. The predicted molar refractivity (Wildman–Crippen MR) is 79.2 cm³/mol. The van der Waals surface area contributed by atoms with Crippen molar-refractivity contribution in [2.75, 3.05) is 10.6 Å². The molecule has 2 N–H and O–H groups in total. The Morgan fingerprint density at radius 2 is 1.75 bits per heavy atom. The molecule has 0 atom stereocenters. The Kier molecular flexibility index (Phi) is 4.35. The molecule has 0 bridgehead atoms. The third kappa shape index (κ3) is 3.36. The standard InChI is InChI=1S/C16H15N3O/c1-12(20)19-16-9-5-3-7-14(16)11-18-15-8-4-2-6-13(15)10-17/h2-9,18H,11H2,1H3,(H,19,20). The third-order valence-corrected chi connectivity index (χ3v) is 2.84. The summed E-state index contributed by atoms with van der Waals surface area (Å²) in [5.41, 5.74) is 3.13. The largest absolute Gasteiger partial charge is 0.380 e. The van der Waals surface area contributed by atoms with Crippen LogP contribution in [0.15, 0.2) is 48.5 Å². The van der Waals surface area contributed by atoms with Crippen LogP contribution in [0.4, 0.5) is 11.4 Å². The first kappa shape index (κ1) is 13.6. The minimum atomic E-state index is -0.102. The van der Waals surface area contributed by atoms with Gasteiger partial charge in [-0.15, -0.1) is 0 Å². The molecule has 4 heteroatoms. The zero-order valence-corrected chi connectivity index (χ0v) is 11.2. The molecule has 0 saturated carbocycles. The molecule has 0 fully saturated rings. The van der Waals surface area contributed by atoms with Crippen LogP contribution in [0, 0.1) is 11.3 Å². The first-order chi connectivity index (χ1) is 9.70. The lowest BCUT2D eigenvalue weighted by molar-refractivity contribution is -0.114. The molecule has 4 nitrogen and oxygen atoms in total. The maximum absolute atomic E-state index is 11.2. The quantitative estimate of drug-likeness (QED) is 0.892. The van der Waals surface area contributed by atoms with Gasteiger partial charge in [-0.2, -0.15) is 5.26 Å². The van der Waals surface area contributed by atoms with Crippen LogP contribution in [0.3, 0.4) is 0 Å². The molecule has 0 aromatic heterocycles. The minimum absolute atomic E-state index is 0.102. The molecule has 0 heterocycles. The molecule has 0 unspecified atom stereocenters. The number of hydrogen-bond donors (Lipinski definition) is 2. The fourth-order valence-corrected chi connectivity index (χ4v) is 1.91. The van der Waals surface area contributed by atoms with E-state index >= 15 is 0 Å². The zero-order chi connectivity index (χ0) is 14.4. The predicted octanol–water partition coefficient (Wildman–Crippen LogP) is 3.13. The number of carbonyl (C=O) groups excluding carboxylic acids is 1. The Morgan fingerprint density at radius 1 is 1.10 bits per heavy atom. The second-order valence-electron chi connectivity index (χ2n) is 4.35. The number of para-hydroxylation sites is 2. The van der Waals surface area contributed by atoms with Crippen LogP contribution in [0.25, 0.3) is 0 Å². The second-order valence-corrected chi connectivity index (χ2v) is 4.35. The lowest BCUT2D eigenvalue weighted by Gasteiger charge is -2.12. The van der Waals surface area contributed by atoms with Gasteiger partial charge in [0, 0.05) is 19.2 Å². The number of nitriles is 1. The van der Waals surface area contributed by atoms with E-state index in [1.54, 1.807) is 6.07 Å². The van der Waals surface area contributed by atoms with Gasteiger partial charge in [0.05, 0.1) is 11.3 Å². The van der Waals surface area contributed by atoms with E-state index in [9.17, 15) is 4.79 Å². The fraction of sp³-hybridized carbons (Fsp3) is 0.125. The molecule has 0 aliphatic rings. The Hall–Kier alpha value is -2.80. The molecule has 0 aliphatic heterocycles. The summed E-state index contributed by atoms with van der Waals surface area (Å²) >= 11 is 0. The van der Waals surface area contributed by atoms with Crippen molar-refractivity contribution in [3.63, 3.8) is 0 Å². The van der Waals surface area contributed by atoms with Crippen molar-refractivity contribution in [1.82, 2.24) is 0 Å². The maximum Gasteiger partial charge on any atom is 0.221 e. The van der Waals surface area contributed by atoms with E-state index in [1.165, 1.54) is 6.92 Å². The summed E-state index contributed by atoms with van der Waals surface area (Å²) in [4.78, 5) is 11.2. The lowest BCUT2D eigenvalue weighted by Crippen LogP contribution is -2.10. The van der Waals surface area contributed by atoms with E-state index in [0.29, 0.717) is 12.1 Å². The Balaban J connectivity index is 2.15. The van der Waals surface area contributed by atoms with Crippen LogP contribution in [0.1, 0.15) is 18.1 Å². The number of anilines is 2. The smallest absolute Gasteiger partial charge is 0.221 e. The minimum Gasteiger partial charge on any atom is -0.380 e. The normalized spacial score (nSPS) is 9.60. The molecule has 1 amide bonds. The SMILES string of the molecule is CC(=O)Nc1ccccc1CNc1ccccc1C#N. The third-order valence-electron chi connectivity index (χ3n) is 2.84. The Labute approximate surface area is 118 Å². The van der Waals surface area contributed by atoms with E-state index in [2.05, 4.69) is 16.7 Å². The molecule has 2 aromatic rings. The number of nitrogens with zero attached hydrogens (tertiary/aromatic N) is 1. The van der Waals surface area contributed by atoms with E-state index in [4.69, 9.17) is 5.26 Å². The second kappa shape index (κ2) is 6.39. The summed E-state index contributed by atoms with van der Waals surface area (Å²) in [6.07, 6.45) is 0. The molecule has 0 radical (unpaired) electrons. The van der Waals surface area contributed by atoms with Gasteiger partial charge in [-0.1, -0.05) is 30.3 Å². The number of benzene rings is 2. The summed E-state index contributed by atoms with van der Waals surface area (Å²) in [6.45, 7) is 2.02. The highest BCUT2D eigenvalue weighted by molar-refractivity contribution is 5.89. The fourth-order valence-electron chi connectivity index (χ4n) is 1.91. The van der Waals surface area contributed by atoms with E-state index in [-0.39, 0.29) is 5.91 Å². The summed E-state index contributed by atoms with van der Waals surface area (Å²) < 4.78 is 0. The molecular weight excluding hydrogens is 250 g/mol. The first-order valence-corrected chi connectivity index (χ1v) is 6.29. The van der Waals surface area contributed by atoms with E-state index in [1.807, 2.05) is 42.5 Å². The van der Waals surface area contributed by atoms with E-state index < -0.39 is 0 Å². The monoisotopic (exact) mass is 265 g/mol. The highest BCUT2D eigenvalue weighted by atomic mass is 16.1. The van der Waals surface area contributed by atoms with Crippen molar-refractivity contribution in [2.24, 2.45) is 0 Å². The topological polar surface area (TPSA) is 64.9 Å². The van der Waals surface area contributed by atoms with Crippen LogP contribution < -0.4 is 10.6 Å². The van der Waals surface area contributed by atoms with Crippen molar-refractivity contribution in [1.29, 1.82) is 5.26 Å². The van der Waals surface area contributed by atoms with Crippen LogP contribution >= 0.6 is 0 Å². The van der Waals surface area contributed by atoms with Gasteiger partial charge in [0.2, 0.25) is 5.91 Å². The zero-order valence-electron chi connectivity index (χ0n) is 11.2. The van der Waals surface area contributed by atoms with Gasteiger partial charge >= 0.3 is 0 Å². The molecule has 0 aliphatic carbocycles. The van der Waals surface area contributed by atoms with Gasteiger partial charge in [0.1, 0.15) is 6.07 Å². The first-order valence-electron chi connectivity index (χ1n) is 6.29. The Bertz CT molecular complexity index is 659. The molecule has 2 rings (SSSR count). The molecule has 20 heavy (non-hydrogen) atoms. The number of carbonyl (C=O) groups is 1.